The molecule has 0 unspecified atom stereocenters. The lowest BCUT2D eigenvalue weighted by Crippen LogP contribution is -2.35. The van der Waals surface area contributed by atoms with Gasteiger partial charge in [-0.25, -0.2) is 9.66 Å². The highest BCUT2D eigenvalue weighted by atomic mass is 16.1. The maximum Gasteiger partial charge on any atom is 0.278 e. The van der Waals surface area contributed by atoms with Crippen LogP contribution in [-0.2, 0) is 0 Å². The lowest BCUT2D eigenvalue weighted by Gasteiger charge is -2.16. The molecule has 0 aromatic carbocycles. The van der Waals surface area contributed by atoms with Gasteiger partial charge < -0.3 is 9.58 Å². The van der Waals surface area contributed by atoms with Crippen LogP contribution in [0.5, 0.6) is 0 Å². The number of pyridine rings is 3. The van der Waals surface area contributed by atoms with Crippen LogP contribution in [0.25, 0.3) is 21.8 Å². The number of hydrogen-bond acceptors (Lipinski definition) is 4. The summed E-state index contributed by atoms with van der Waals surface area (Å²) in [5.41, 5.74) is 0.895. The van der Waals surface area contributed by atoms with E-state index in [1.165, 1.54) is 4.68 Å². The van der Waals surface area contributed by atoms with Gasteiger partial charge in [-0.05, 0) is 32.0 Å². The minimum atomic E-state index is -0.184. The SMILES string of the molecule is CC(C)n1ccc2nc3ccn(N(C)C)c(=O)c3cc2c1=O. The predicted molar refractivity (Wildman–Crippen MR) is 88.2 cm³/mol. The van der Waals surface area contributed by atoms with E-state index < -0.39 is 0 Å². The van der Waals surface area contributed by atoms with E-state index in [0.29, 0.717) is 21.8 Å². The molecular weight excluding hydrogens is 280 g/mol. The van der Waals surface area contributed by atoms with Crippen molar-refractivity contribution in [2.45, 2.75) is 19.9 Å². The second-order valence-corrected chi connectivity index (χ2v) is 5.79. The molecule has 114 valence electrons. The van der Waals surface area contributed by atoms with Gasteiger partial charge in [-0.1, -0.05) is 0 Å². The quantitative estimate of drug-likeness (QED) is 0.673. The Morgan fingerprint density at radius 3 is 2.18 bits per heavy atom. The zero-order valence-electron chi connectivity index (χ0n) is 13.1. The van der Waals surface area contributed by atoms with Gasteiger partial charge in [0.05, 0.1) is 21.8 Å². The van der Waals surface area contributed by atoms with Gasteiger partial charge in [-0.15, -0.1) is 0 Å². The van der Waals surface area contributed by atoms with Crippen molar-refractivity contribution in [1.82, 2.24) is 14.2 Å². The third-order valence-electron chi connectivity index (χ3n) is 3.74. The molecule has 0 spiro atoms. The standard InChI is InChI=1S/C16H18N4O2/c1-10(2)19-7-5-13-11(15(19)21)9-12-14(17-13)6-8-20(16(12)22)18(3)4/h5-10H,1-4H3. The zero-order chi connectivity index (χ0) is 16.0. The molecule has 6 nitrogen and oxygen atoms in total. The molecule has 0 bridgehead atoms. The Kier molecular flexibility index (Phi) is 3.24. The lowest BCUT2D eigenvalue weighted by atomic mass is 10.2. The molecule has 3 aromatic rings. The third-order valence-corrected chi connectivity index (χ3v) is 3.74. The van der Waals surface area contributed by atoms with Gasteiger partial charge in [0, 0.05) is 32.5 Å². The van der Waals surface area contributed by atoms with Crippen LogP contribution < -0.4 is 16.1 Å². The van der Waals surface area contributed by atoms with E-state index in [9.17, 15) is 9.59 Å². The molecule has 0 aliphatic heterocycles. The summed E-state index contributed by atoms with van der Waals surface area (Å²) >= 11 is 0. The number of hydrogen-bond donors (Lipinski definition) is 0. The number of rotatable bonds is 2. The van der Waals surface area contributed by atoms with E-state index in [0.717, 1.165) is 0 Å². The first-order valence-corrected chi connectivity index (χ1v) is 7.15. The Hall–Kier alpha value is -2.63. The molecule has 22 heavy (non-hydrogen) atoms. The fraction of sp³-hybridized carbons (Fsp3) is 0.312. The first-order valence-electron chi connectivity index (χ1n) is 7.15. The van der Waals surface area contributed by atoms with Gasteiger partial charge in [-0.2, -0.15) is 0 Å². The lowest BCUT2D eigenvalue weighted by molar-refractivity contribution is 0.582. The fourth-order valence-electron chi connectivity index (χ4n) is 2.55. The molecule has 0 saturated carbocycles. The van der Waals surface area contributed by atoms with Crippen molar-refractivity contribution in [3.63, 3.8) is 0 Å². The average Bonchev–Trinajstić information content (AvgIpc) is 2.46. The van der Waals surface area contributed by atoms with E-state index in [4.69, 9.17) is 0 Å². The molecule has 3 aromatic heterocycles. The number of fused-ring (bicyclic) bond motifs is 2. The summed E-state index contributed by atoms with van der Waals surface area (Å²) in [5.74, 6) is 0. The third kappa shape index (κ3) is 2.07. The predicted octanol–water partition coefficient (Wildman–Crippen LogP) is 1.49. The molecule has 3 rings (SSSR count). The Balaban J connectivity index is 2.44. The van der Waals surface area contributed by atoms with Crippen molar-refractivity contribution in [3.05, 3.63) is 51.3 Å². The summed E-state index contributed by atoms with van der Waals surface area (Å²) in [6.45, 7) is 3.89. The molecule has 0 atom stereocenters. The molecule has 0 aliphatic rings. The van der Waals surface area contributed by atoms with Crippen LogP contribution in [0.3, 0.4) is 0 Å². The van der Waals surface area contributed by atoms with Crippen LogP contribution in [0.15, 0.2) is 40.2 Å². The molecule has 0 fully saturated rings. The maximum absolute atomic E-state index is 12.5. The number of aromatic nitrogens is 3. The molecule has 6 heteroatoms. The second-order valence-electron chi connectivity index (χ2n) is 5.79. The van der Waals surface area contributed by atoms with Crippen molar-refractivity contribution in [2.75, 3.05) is 19.1 Å². The van der Waals surface area contributed by atoms with Gasteiger partial charge in [0.25, 0.3) is 11.1 Å². The minimum absolute atomic E-state index is 0.0572. The van der Waals surface area contributed by atoms with Gasteiger partial charge >= 0.3 is 0 Å². The van der Waals surface area contributed by atoms with Crippen LogP contribution in [0.1, 0.15) is 19.9 Å². The summed E-state index contributed by atoms with van der Waals surface area (Å²) in [5, 5.41) is 2.60. The first-order chi connectivity index (χ1) is 10.4. The van der Waals surface area contributed by atoms with E-state index >= 15 is 0 Å². The average molecular weight is 298 g/mol. The van der Waals surface area contributed by atoms with E-state index in [2.05, 4.69) is 4.98 Å². The van der Waals surface area contributed by atoms with Crippen molar-refractivity contribution in [3.8, 4) is 0 Å². The fourth-order valence-corrected chi connectivity index (χ4v) is 2.55. The summed E-state index contributed by atoms with van der Waals surface area (Å²) < 4.78 is 3.13. The summed E-state index contributed by atoms with van der Waals surface area (Å²) in [7, 11) is 3.57. The molecule has 0 saturated heterocycles. The summed E-state index contributed by atoms with van der Waals surface area (Å²) in [4.78, 5) is 29.5. The summed E-state index contributed by atoms with van der Waals surface area (Å²) in [6, 6.07) is 5.31. The van der Waals surface area contributed by atoms with Gasteiger partial charge in [-0.3, -0.25) is 9.59 Å². The van der Waals surface area contributed by atoms with E-state index in [-0.39, 0.29) is 17.2 Å². The van der Waals surface area contributed by atoms with Crippen molar-refractivity contribution in [1.29, 1.82) is 0 Å². The zero-order valence-corrected chi connectivity index (χ0v) is 13.1. The molecule has 0 aliphatic carbocycles. The molecular formula is C16H18N4O2. The molecule has 0 N–H and O–H groups in total. The topological polar surface area (TPSA) is 60.1 Å². The van der Waals surface area contributed by atoms with Crippen molar-refractivity contribution >= 4 is 21.8 Å². The van der Waals surface area contributed by atoms with Gasteiger partial charge in [0.2, 0.25) is 0 Å². The summed E-state index contributed by atoms with van der Waals surface area (Å²) in [6.07, 6.45) is 3.42. The highest BCUT2D eigenvalue weighted by molar-refractivity contribution is 5.91. The Labute approximate surface area is 127 Å². The Morgan fingerprint density at radius 2 is 1.59 bits per heavy atom. The van der Waals surface area contributed by atoms with Gasteiger partial charge in [0.15, 0.2) is 0 Å². The van der Waals surface area contributed by atoms with E-state index in [1.54, 1.807) is 48.2 Å². The van der Waals surface area contributed by atoms with Gasteiger partial charge in [0.1, 0.15) is 0 Å². The normalized spacial score (nSPS) is 11.5. The van der Waals surface area contributed by atoms with Crippen LogP contribution in [0, 0.1) is 0 Å². The highest BCUT2D eigenvalue weighted by Crippen LogP contribution is 2.15. The molecule has 3 heterocycles. The van der Waals surface area contributed by atoms with Crippen LogP contribution in [0.4, 0.5) is 0 Å². The highest BCUT2D eigenvalue weighted by Gasteiger charge is 2.11. The minimum Gasteiger partial charge on any atom is -0.316 e. The largest absolute Gasteiger partial charge is 0.316 e. The smallest absolute Gasteiger partial charge is 0.278 e. The van der Waals surface area contributed by atoms with E-state index in [1.807, 2.05) is 19.9 Å². The molecule has 0 amide bonds. The maximum atomic E-state index is 12.5. The van der Waals surface area contributed by atoms with Crippen LogP contribution >= 0.6 is 0 Å². The first kappa shape index (κ1) is 14.3. The van der Waals surface area contributed by atoms with Crippen LogP contribution in [-0.4, -0.2) is 28.3 Å². The van der Waals surface area contributed by atoms with Crippen molar-refractivity contribution < 1.29 is 0 Å². The second kappa shape index (κ2) is 4.98. The monoisotopic (exact) mass is 298 g/mol. The van der Waals surface area contributed by atoms with Crippen molar-refractivity contribution in [2.24, 2.45) is 0 Å². The number of nitrogens with zero attached hydrogens (tertiary/aromatic N) is 4. The Bertz CT molecular complexity index is 906. The molecule has 0 radical (unpaired) electrons. The van der Waals surface area contributed by atoms with Crippen LogP contribution in [0.2, 0.25) is 0 Å². The Morgan fingerprint density at radius 1 is 1.00 bits per heavy atom.